The summed E-state index contributed by atoms with van der Waals surface area (Å²) in [5.41, 5.74) is 12.9. The van der Waals surface area contributed by atoms with Gasteiger partial charge in [-0.2, -0.15) is 0 Å². The van der Waals surface area contributed by atoms with E-state index < -0.39 is 0 Å². The third-order valence-electron chi connectivity index (χ3n) is 2.32. The van der Waals surface area contributed by atoms with Crippen LogP contribution in [0.5, 0.6) is 0 Å². The number of halogens is 2. The Labute approximate surface area is 90.0 Å². The van der Waals surface area contributed by atoms with Crippen molar-refractivity contribution in [3.05, 3.63) is 34.1 Å². The monoisotopic (exact) mass is 259 g/mol. The Bertz CT molecular complexity index is 345. The van der Waals surface area contributed by atoms with Crippen molar-refractivity contribution < 1.29 is 4.39 Å². The second-order valence-corrected chi connectivity index (χ2v) is 4.19. The Hall–Kier alpha value is -0.490. The van der Waals surface area contributed by atoms with Gasteiger partial charge in [0.15, 0.2) is 0 Å². The van der Waals surface area contributed by atoms with Crippen LogP contribution in [0.2, 0.25) is 0 Å². The first-order valence-electron chi connectivity index (χ1n) is 4.37. The van der Waals surface area contributed by atoms with Crippen LogP contribution in [0, 0.1) is 5.82 Å². The zero-order valence-electron chi connectivity index (χ0n) is 7.43. The molecule has 0 saturated carbocycles. The molecule has 0 radical (unpaired) electrons. The highest BCUT2D eigenvalue weighted by Gasteiger charge is 2.26. The Balaban J connectivity index is 2.31. The lowest BCUT2D eigenvalue weighted by Gasteiger charge is -2.16. The molecule has 0 aliphatic carbocycles. The number of rotatable bonds is 1. The first kappa shape index (κ1) is 10.0. The van der Waals surface area contributed by atoms with E-state index in [9.17, 15) is 4.39 Å². The van der Waals surface area contributed by atoms with Gasteiger partial charge in [0.05, 0.1) is 6.04 Å². The van der Waals surface area contributed by atoms with Crippen LogP contribution in [0.3, 0.4) is 0 Å². The van der Waals surface area contributed by atoms with E-state index in [2.05, 4.69) is 26.8 Å². The summed E-state index contributed by atoms with van der Waals surface area (Å²) in [6, 6.07) is 4.67. The SMILES string of the molecule is NC1CNNC1c1ccc(F)cc1Br. The molecule has 0 aromatic heterocycles. The zero-order valence-corrected chi connectivity index (χ0v) is 9.01. The molecule has 0 bridgehead atoms. The van der Waals surface area contributed by atoms with Crippen molar-refractivity contribution >= 4 is 15.9 Å². The van der Waals surface area contributed by atoms with Gasteiger partial charge in [0.1, 0.15) is 5.82 Å². The van der Waals surface area contributed by atoms with Crippen molar-refractivity contribution in [1.29, 1.82) is 0 Å². The van der Waals surface area contributed by atoms with E-state index in [-0.39, 0.29) is 17.9 Å². The highest BCUT2D eigenvalue weighted by Crippen LogP contribution is 2.26. The van der Waals surface area contributed by atoms with E-state index in [1.165, 1.54) is 12.1 Å². The lowest BCUT2D eigenvalue weighted by Crippen LogP contribution is -2.30. The van der Waals surface area contributed by atoms with Gasteiger partial charge in [-0.25, -0.2) is 9.82 Å². The number of hydrogen-bond donors (Lipinski definition) is 3. The van der Waals surface area contributed by atoms with Gasteiger partial charge in [-0.1, -0.05) is 22.0 Å². The Morgan fingerprint density at radius 2 is 2.29 bits per heavy atom. The molecule has 1 heterocycles. The molecule has 0 spiro atoms. The summed E-state index contributed by atoms with van der Waals surface area (Å²) in [6.45, 7) is 0.717. The first-order valence-corrected chi connectivity index (χ1v) is 5.16. The summed E-state index contributed by atoms with van der Waals surface area (Å²) in [4.78, 5) is 0. The van der Waals surface area contributed by atoms with E-state index in [0.29, 0.717) is 6.54 Å². The van der Waals surface area contributed by atoms with Gasteiger partial charge < -0.3 is 5.73 Å². The van der Waals surface area contributed by atoms with Crippen LogP contribution in [0.1, 0.15) is 11.6 Å². The molecule has 1 fully saturated rings. The molecule has 2 atom stereocenters. The first-order chi connectivity index (χ1) is 6.68. The second-order valence-electron chi connectivity index (χ2n) is 3.33. The standard InChI is InChI=1S/C9H11BrFN3/c10-7-3-5(11)1-2-6(7)9-8(12)4-13-14-9/h1-3,8-9,13-14H,4,12H2. The topological polar surface area (TPSA) is 50.1 Å². The van der Waals surface area contributed by atoms with Crippen LogP contribution in [0.25, 0.3) is 0 Å². The number of nitrogens with one attached hydrogen (secondary N) is 2. The maximum Gasteiger partial charge on any atom is 0.124 e. The minimum atomic E-state index is -0.250. The number of hydrogen-bond acceptors (Lipinski definition) is 3. The molecule has 5 heteroatoms. The van der Waals surface area contributed by atoms with Crippen LogP contribution in [-0.2, 0) is 0 Å². The Morgan fingerprint density at radius 3 is 2.86 bits per heavy atom. The number of benzene rings is 1. The third kappa shape index (κ3) is 1.81. The number of hydrazine groups is 1. The summed E-state index contributed by atoms with van der Waals surface area (Å²) >= 11 is 3.32. The summed E-state index contributed by atoms with van der Waals surface area (Å²) in [7, 11) is 0. The third-order valence-corrected chi connectivity index (χ3v) is 3.01. The van der Waals surface area contributed by atoms with Crippen molar-refractivity contribution in [3.8, 4) is 0 Å². The fourth-order valence-corrected chi connectivity index (χ4v) is 2.17. The highest BCUT2D eigenvalue weighted by atomic mass is 79.9. The number of nitrogens with two attached hydrogens (primary N) is 1. The van der Waals surface area contributed by atoms with Crippen molar-refractivity contribution in [2.24, 2.45) is 5.73 Å². The van der Waals surface area contributed by atoms with E-state index >= 15 is 0 Å². The molecule has 0 amide bonds. The molecule has 1 aliphatic heterocycles. The summed E-state index contributed by atoms with van der Waals surface area (Å²) in [5.74, 6) is -0.250. The van der Waals surface area contributed by atoms with Gasteiger partial charge in [0.25, 0.3) is 0 Å². The fraction of sp³-hybridized carbons (Fsp3) is 0.333. The average molecular weight is 260 g/mol. The predicted octanol–water partition coefficient (Wildman–Crippen LogP) is 1.06. The molecule has 1 aromatic rings. The maximum atomic E-state index is 12.8. The van der Waals surface area contributed by atoms with Crippen LogP contribution in [-0.4, -0.2) is 12.6 Å². The van der Waals surface area contributed by atoms with Crippen molar-refractivity contribution in [2.45, 2.75) is 12.1 Å². The van der Waals surface area contributed by atoms with E-state index in [1.54, 1.807) is 6.07 Å². The zero-order chi connectivity index (χ0) is 10.1. The average Bonchev–Trinajstić information content (AvgIpc) is 2.52. The van der Waals surface area contributed by atoms with Gasteiger partial charge in [0.2, 0.25) is 0 Å². The van der Waals surface area contributed by atoms with E-state index in [0.717, 1.165) is 10.0 Å². The van der Waals surface area contributed by atoms with Gasteiger partial charge in [-0.15, -0.1) is 0 Å². The lowest BCUT2D eigenvalue weighted by atomic mass is 10.0. The Morgan fingerprint density at radius 1 is 1.50 bits per heavy atom. The van der Waals surface area contributed by atoms with E-state index in [4.69, 9.17) is 5.73 Å². The lowest BCUT2D eigenvalue weighted by molar-refractivity contribution is 0.546. The molecular formula is C9H11BrFN3. The second kappa shape index (κ2) is 3.94. The molecule has 3 nitrogen and oxygen atoms in total. The summed E-state index contributed by atoms with van der Waals surface area (Å²) in [5, 5.41) is 0. The highest BCUT2D eigenvalue weighted by molar-refractivity contribution is 9.10. The van der Waals surface area contributed by atoms with Crippen molar-refractivity contribution in [1.82, 2.24) is 10.9 Å². The molecule has 76 valence electrons. The predicted molar refractivity (Wildman–Crippen MR) is 56.0 cm³/mol. The van der Waals surface area contributed by atoms with Crippen molar-refractivity contribution in [3.63, 3.8) is 0 Å². The Kier molecular flexibility index (Phi) is 2.83. The van der Waals surface area contributed by atoms with Gasteiger partial charge in [-0.3, -0.25) is 5.43 Å². The minimum absolute atomic E-state index is 0.0109. The molecular weight excluding hydrogens is 249 g/mol. The normalized spacial score (nSPS) is 26.8. The quantitative estimate of drug-likeness (QED) is 0.707. The molecule has 2 unspecified atom stereocenters. The molecule has 14 heavy (non-hydrogen) atoms. The van der Waals surface area contributed by atoms with Crippen LogP contribution < -0.4 is 16.6 Å². The molecule has 1 aromatic carbocycles. The maximum absolute atomic E-state index is 12.8. The fourth-order valence-electron chi connectivity index (χ4n) is 1.57. The molecule has 1 saturated heterocycles. The summed E-state index contributed by atoms with van der Waals surface area (Å²) in [6.07, 6.45) is 0. The van der Waals surface area contributed by atoms with Gasteiger partial charge in [-0.05, 0) is 17.7 Å². The smallest absolute Gasteiger partial charge is 0.124 e. The van der Waals surface area contributed by atoms with Crippen LogP contribution in [0.15, 0.2) is 22.7 Å². The largest absolute Gasteiger partial charge is 0.325 e. The minimum Gasteiger partial charge on any atom is -0.325 e. The van der Waals surface area contributed by atoms with Gasteiger partial charge >= 0.3 is 0 Å². The molecule has 1 aliphatic rings. The molecule has 2 rings (SSSR count). The van der Waals surface area contributed by atoms with Gasteiger partial charge in [0, 0.05) is 17.1 Å². The van der Waals surface area contributed by atoms with Crippen LogP contribution >= 0.6 is 15.9 Å². The summed E-state index contributed by atoms with van der Waals surface area (Å²) < 4.78 is 13.6. The van der Waals surface area contributed by atoms with Crippen LogP contribution in [0.4, 0.5) is 4.39 Å². The molecule has 4 N–H and O–H groups in total. The van der Waals surface area contributed by atoms with E-state index in [1.807, 2.05) is 0 Å². The van der Waals surface area contributed by atoms with Crippen molar-refractivity contribution in [2.75, 3.05) is 6.54 Å².